The number of hydrogen-bond acceptors (Lipinski definition) is 2. The van der Waals surface area contributed by atoms with E-state index in [2.05, 4.69) is 79.4 Å². The summed E-state index contributed by atoms with van der Waals surface area (Å²) in [4.78, 5) is 2.53. The van der Waals surface area contributed by atoms with E-state index in [0.29, 0.717) is 12.5 Å². The molecule has 3 aromatic rings. The fraction of sp³-hybridized carbons (Fsp3) is 0.308. The standard InChI is InChI=1S/C26H28ClNO/c1-19(2)23-8-5-6-10-25(23)24-9-4-3-7-21(24)17-28-15-16-29-18-26(28)20-11-13-22(27)14-12-20/h3-14,19,26H,15-18H2,1-2H3. The highest BCUT2D eigenvalue weighted by atomic mass is 35.5. The molecule has 0 amide bonds. The van der Waals surface area contributed by atoms with Crippen molar-refractivity contribution >= 4 is 11.6 Å². The Bertz CT molecular complexity index is 951. The monoisotopic (exact) mass is 405 g/mol. The van der Waals surface area contributed by atoms with E-state index < -0.39 is 0 Å². The molecule has 2 nitrogen and oxygen atoms in total. The third-order valence-corrected chi connectivity index (χ3v) is 6.01. The predicted octanol–water partition coefficient (Wildman–Crippen LogP) is 6.70. The summed E-state index contributed by atoms with van der Waals surface area (Å²) in [5.41, 5.74) is 6.69. The lowest BCUT2D eigenvalue weighted by Gasteiger charge is -2.36. The first-order valence-electron chi connectivity index (χ1n) is 10.4. The van der Waals surface area contributed by atoms with Crippen molar-refractivity contribution in [2.24, 2.45) is 0 Å². The van der Waals surface area contributed by atoms with Gasteiger partial charge in [0.1, 0.15) is 0 Å². The fourth-order valence-electron chi connectivity index (χ4n) is 4.20. The maximum Gasteiger partial charge on any atom is 0.0664 e. The zero-order valence-corrected chi connectivity index (χ0v) is 17.9. The average Bonchev–Trinajstić information content (AvgIpc) is 2.75. The van der Waals surface area contributed by atoms with Gasteiger partial charge >= 0.3 is 0 Å². The van der Waals surface area contributed by atoms with Gasteiger partial charge in [0.25, 0.3) is 0 Å². The molecule has 0 saturated carbocycles. The van der Waals surface area contributed by atoms with Crippen LogP contribution in [0.15, 0.2) is 72.8 Å². The van der Waals surface area contributed by atoms with E-state index in [-0.39, 0.29) is 6.04 Å². The van der Waals surface area contributed by atoms with Gasteiger partial charge in [-0.1, -0.05) is 86.1 Å². The molecule has 1 saturated heterocycles. The molecule has 3 heteroatoms. The average molecular weight is 406 g/mol. The Hall–Kier alpha value is -2.13. The number of halogens is 1. The minimum atomic E-state index is 0.245. The minimum absolute atomic E-state index is 0.245. The highest BCUT2D eigenvalue weighted by Gasteiger charge is 2.25. The lowest BCUT2D eigenvalue weighted by Crippen LogP contribution is -2.39. The molecule has 29 heavy (non-hydrogen) atoms. The zero-order valence-electron chi connectivity index (χ0n) is 17.1. The molecule has 0 spiro atoms. The Kier molecular flexibility index (Phi) is 6.34. The fourth-order valence-corrected chi connectivity index (χ4v) is 4.33. The van der Waals surface area contributed by atoms with Crippen LogP contribution < -0.4 is 0 Å². The van der Waals surface area contributed by atoms with E-state index in [4.69, 9.17) is 16.3 Å². The lowest BCUT2D eigenvalue weighted by atomic mass is 9.90. The molecule has 1 fully saturated rings. The SMILES string of the molecule is CC(C)c1ccccc1-c1ccccc1CN1CCOCC1c1ccc(Cl)cc1. The van der Waals surface area contributed by atoms with Crippen molar-refractivity contribution in [3.8, 4) is 11.1 Å². The van der Waals surface area contributed by atoms with E-state index >= 15 is 0 Å². The summed E-state index contributed by atoms with van der Waals surface area (Å²) in [6.07, 6.45) is 0. The molecular formula is C26H28ClNO. The largest absolute Gasteiger partial charge is 0.378 e. The van der Waals surface area contributed by atoms with Crippen molar-refractivity contribution in [1.29, 1.82) is 0 Å². The van der Waals surface area contributed by atoms with Gasteiger partial charge in [-0.25, -0.2) is 0 Å². The number of hydrogen-bond donors (Lipinski definition) is 0. The molecule has 1 aliphatic heterocycles. The van der Waals surface area contributed by atoms with Gasteiger partial charge in [0, 0.05) is 18.1 Å². The molecule has 1 unspecified atom stereocenters. The van der Waals surface area contributed by atoms with Crippen LogP contribution in [-0.2, 0) is 11.3 Å². The van der Waals surface area contributed by atoms with Crippen LogP contribution in [0.5, 0.6) is 0 Å². The van der Waals surface area contributed by atoms with Gasteiger partial charge in [-0.05, 0) is 45.9 Å². The summed E-state index contributed by atoms with van der Waals surface area (Å²) < 4.78 is 5.83. The Morgan fingerprint density at radius 2 is 1.62 bits per heavy atom. The van der Waals surface area contributed by atoms with E-state index in [0.717, 1.165) is 24.7 Å². The van der Waals surface area contributed by atoms with Crippen LogP contribution in [0.1, 0.15) is 42.5 Å². The molecule has 150 valence electrons. The van der Waals surface area contributed by atoms with Crippen molar-refractivity contribution in [2.75, 3.05) is 19.8 Å². The molecule has 0 aliphatic carbocycles. The molecule has 0 bridgehead atoms. The van der Waals surface area contributed by atoms with Crippen molar-refractivity contribution in [3.63, 3.8) is 0 Å². The maximum atomic E-state index is 6.10. The number of ether oxygens (including phenoxy) is 1. The van der Waals surface area contributed by atoms with E-state index in [9.17, 15) is 0 Å². The third kappa shape index (κ3) is 4.56. The van der Waals surface area contributed by atoms with Crippen LogP contribution in [0.25, 0.3) is 11.1 Å². The van der Waals surface area contributed by atoms with Crippen LogP contribution in [0.3, 0.4) is 0 Å². The second-order valence-electron chi connectivity index (χ2n) is 8.01. The second-order valence-corrected chi connectivity index (χ2v) is 8.45. The molecule has 0 N–H and O–H groups in total. The molecule has 3 aromatic carbocycles. The Balaban J connectivity index is 1.67. The van der Waals surface area contributed by atoms with Gasteiger partial charge in [0.05, 0.1) is 19.3 Å². The van der Waals surface area contributed by atoms with Crippen LogP contribution in [-0.4, -0.2) is 24.7 Å². The summed E-state index contributed by atoms with van der Waals surface area (Å²) >= 11 is 6.10. The Morgan fingerprint density at radius 3 is 2.38 bits per heavy atom. The number of benzene rings is 3. The van der Waals surface area contributed by atoms with E-state index in [1.165, 1.54) is 27.8 Å². The molecule has 1 aliphatic rings. The van der Waals surface area contributed by atoms with Gasteiger partial charge in [-0.3, -0.25) is 4.90 Å². The molecule has 1 heterocycles. The van der Waals surface area contributed by atoms with Crippen LogP contribution >= 0.6 is 11.6 Å². The van der Waals surface area contributed by atoms with Crippen molar-refractivity contribution in [2.45, 2.75) is 32.4 Å². The Labute approximate surface area is 179 Å². The van der Waals surface area contributed by atoms with Crippen molar-refractivity contribution < 1.29 is 4.74 Å². The van der Waals surface area contributed by atoms with Crippen LogP contribution in [0, 0.1) is 0 Å². The second kappa shape index (κ2) is 9.13. The lowest BCUT2D eigenvalue weighted by molar-refractivity contribution is -0.0126. The first-order valence-corrected chi connectivity index (χ1v) is 10.8. The Morgan fingerprint density at radius 1 is 0.931 bits per heavy atom. The highest BCUT2D eigenvalue weighted by Crippen LogP contribution is 2.34. The summed E-state index contributed by atoms with van der Waals surface area (Å²) in [5, 5.41) is 0.771. The molecule has 0 aromatic heterocycles. The van der Waals surface area contributed by atoms with Gasteiger partial charge in [-0.15, -0.1) is 0 Å². The number of morpholine rings is 1. The maximum absolute atomic E-state index is 6.10. The number of rotatable bonds is 5. The van der Waals surface area contributed by atoms with Crippen molar-refractivity contribution in [3.05, 3.63) is 94.5 Å². The smallest absolute Gasteiger partial charge is 0.0664 e. The van der Waals surface area contributed by atoms with Crippen molar-refractivity contribution in [1.82, 2.24) is 4.90 Å². The molecule has 0 radical (unpaired) electrons. The third-order valence-electron chi connectivity index (χ3n) is 5.76. The summed E-state index contributed by atoms with van der Waals surface area (Å²) in [6, 6.07) is 26.0. The number of nitrogens with zero attached hydrogens (tertiary/aromatic N) is 1. The van der Waals surface area contributed by atoms with Gasteiger partial charge in [-0.2, -0.15) is 0 Å². The first-order chi connectivity index (χ1) is 14.1. The molecule has 1 atom stereocenters. The first kappa shape index (κ1) is 20.2. The molecular weight excluding hydrogens is 378 g/mol. The molecule has 4 rings (SSSR count). The predicted molar refractivity (Wildman–Crippen MR) is 121 cm³/mol. The summed E-state index contributed by atoms with van der Waals surface area (Å²) in [5.74, 6) is 0.490. The highest BCUT2D eigenvalue weighted by molar-refractivity contribution is 6.30. The van der Waals surface area contributed by atoms with Gasteiger partial charge < -0.3 is 4.74 Å². The van der Waals surface area contributed by atoms with Crippen LogP contribution in [0.4, 0.5) is 0 Å². The van der Waals surface area contributed by atoms with Crippen LogP contribution in [0.2, 0.25) is 5.02 Å². The summed E-state index contributed by atoms with van der Waals surface area (Å²) in [6.45, 7) is 7.84. The van der Waals surface area contributed by atoms with Gasteiger partial charge in [0.2, 0.25) is 0 Å². The van der Waals surface area contributed by atoms with Gasteiger partial charge in [0.15, 0.2) is 0 Å². The minimum Gasteiger partial charge on any atom is -0.378 e. The van der Waals surface area contributed by atoms with E-state index in [1.54, 1.807) is 0 Å². The normalized spacial score (nSPS) is 17.6. The zero-order chi connectivity index (χ0) is 20.2. The topological polar surface area (TPSA) is 12.5 Å². The summed E-state index contributed by atoms with van der Waals surface area (Å²) in [7, 11) is 0. The van der Waals surface area contributed by atoms with E-state index in [1.807, 2.05) is 12.1 Å². The quantitative estimate of drug-likeness (QED) is 0.468.